The maximum atomic E-state index is 12.6. The Labute approximate surface area is 107 Å². The second-order valence-corrected chi connectivity index (χ2v) is 4.85. The lowest BCUT2D eigenvalue weighted by Gasteiger charge is -2.09. The van der Waals surface area contributed by atoms with Crippen LogP contribution in [0, 0.1) is 5.92 Å². The van der Waals surface area contributed by atoms with E-state index >= 15 is 0 Å². The Morgan fingerprint density at radius 1 is 1.39 bits per heavy atom. The van der Waals surface area contributed by atoms with E-state index in [2.05, 4.69) is 10.1 Å². The lowest BCUT2D eigenvalue weighted by Crippen LogP contribution is -2.11. The number of pyridine rings is 1. The van der Waals surface area contributed by atoms with Crippen LogP contribution in [0.15, 0.2) is 12.3 Å². The minimum Gasteiger partial charge on any atom is -0.247 e. The van der Waals surface area contributed by atoms with E-state index in [4.69, 9.17) is 11.6 Å². The van der Waals surface area contributed by atoms with E-state index in [0.717, 1.165) is 6.07 Å². The summed E-state index contributed by atoms with van der Waals surface area (Å²) in [5.41, 5.74) is -0.825. The van der Waals surface area contributed by atoms with Gasteiger partial charge in [0.2, 0.25) is 0 Å². The number of alkyl halides is 3. The van der Waals surface area contributed by atoms with Crippen LogP contribution in [-0.2, 0) is 12.7 Å². The molecule has 0 aliphatic carbocycles. The van der Waals surface area contributed by atoms with Crippen molar-refractivity contribution < 1.29 is 13.2 Å². The summed E-state index contributed by atoms with van der Waals surface area (Å²) >= 11 is 5.82. The molecule has 0 aliphatic rings. The molecule has 0 saturated heterocycles. The zero-order valence-electron chi connectivity index (χ0n) is 9.79. The molecule has 0 aromatic carbocycles. The molecule has 0 unspecified atom stereocenters. The van der Waals surface area contributed by atoms with Gasteiger partial charge in [0.25, 0.3) is 0 Å². The number of nitrogens with zero attached hydrogens (tertiary/aromatic N) is 3. The number of hydrogen-bond acceptors (Lipinski definition) is 2. The highest BCUT2D eigenvalue weighted by atomic mass is 35.5. The average Bonchev–Trinajstić information content (AvgIpc) is 2.60. The molecule has 2 heterocycles. The largest absolute Gasteiger partial charge is 0.433 e. The van der Waals surface area contributed by atoms with Crippen molar-refractivity contribution >= 4 is 22.6 Å². The fourth-order valence-electron chi connectivity index (χ4n) is 1.63. The molecule has 0 spiro atoms. The van der Waals surface area contributed by atoms with Crippen LogP contribution in [0.3, 0.4) is 0 Å². The molecular formula is C11H11ClF3N3. The third-order valence-electron chi connectivity index (χ3n) is 2.39. The molecular weight excluding hydrogens is 267 g/mol. The molecule has 0 atom stereocenters. The summed E-state index contributed by atoms with van der Waals surface area (Å²) in [6.07, 6.45) is -3.07. The van der Waals surface area contributed by atoms with Gasteiger partial charge in [0, 0.05) is 6.54 Å². The SMILES string of the molecule is CC(C)Cn1ncc2c(Cl)cc(C(F)(F)F)nc21. The maximum Gasteiger partial charge on any atom is 0.433 e. The average molecular weight is 278 g/mol. The maximum absolute atomic E-state index is 12.6. The van der Waals surface area contributed by atoms with E-state index in [9.17, 15) is 13.2 Å². The molecule has 98 valence electrons. The summed E-state index contributed by atoms with van der Waals surface area (Å²) in [4.78, 5) is 3.61. The van der Waals surface area contributed by atoms with Crippen LogP contribution in [0.25, 0.3) is 11.0 Å². The van der Waals surface area contributed by atoms with E-state index in [1.165, 1.54) is 10.9 Å². The minimum absolute atomic E-state index is 0.0160. The van der Waals surface area contributed by atoms with Crippen LogP contribution in [0.2, 0.25) is 5.02 Å². The molecule has 2 rings (SSSR count). The highest BCUT2D eigenvalue weighted by Crippen LogP contribution is 2.32. The molecule has 0 saturated carbocycles. The predicted octanol–water partition coefficient (Wildman–Crippen LogP) is 3.76. The molecule has 18 heavy (non-hydrogen) atoms. The Balaban J connectivity index is 2.61. The molecule has 2 aromatic heterocycles. The fourth-order valence-corrected chi connectivity index (χ4v) is 1.87. The Morgan fingerprint density at radius 2 is 2.06 bits per heavy atom. The highest BCUT2D eigenvalue weighted by Gasteiger charge is 2.33. The van der Waals surface area contributed by atoms with E-state index < -0.39 is 11.9 Å². The lowest BCUT2D eigenvalue weighted by atomic mass is 10.2. The van der Waals surface area contributed by atoms with Crippen molar-refractivity contribution in [2.24, 2.45) is 5.92 Å². The quantitative estimate of drug-likeness (QED) is 0.837. The fraction of sp³-hybridized carbons (Fsp3) is 0.455. The monoisotopic (exact) mass is 277 g/mol. The first kappa shape index (κ1) is 13.1. The van der Waals surface area contributed by atoms with Crippen LogP contribution in [0.1, 0.15) is 19.5 Å². The Morgan fingerprint density at radius 3 is 2.61 bits per heavy atom. The van der Waals surface area contributed by atoms with Crippen LogP contribution >= 0.6 is 11.6 Å². The second kappa shape index (κ2) is 4.42. The van der Waals surface area contributed by atoms with Gasteiger partial charge >= 0.3 is 6.18 Å². The number of fused-ring (bicyclic) bond motifs is 1. The van der Waals surface area contributed by atoms with Crippen molar-refractivity contribution in [2.45, 2.75) is 26.6 Å². The molecule has 0 fully saturated rings. The normalized spacial score (nSPS) is 12.6. The third kappa shape index (κ3) is 2.43. The van der Waals surface area contributed by atoms with E-state index in [-0.39, 0.29) is 16.6 Å². The Bertz CT molecular complexity index is 575. The predicted molar refractivity (Wildman–Crippen MR) is 62.4 cm³/mol. The van der Waals surface area contributed by atoms with Gasteiger partial charge in [-0.2, -0.15) is 18.3 Å². The van der Waals surface area contributed by atoms with Gasteiger partial charge in [-0.15, -0.1) is 0 Å². The van der Waals surface area contributed by atoms with Crippen LogP contribution in [0.5, 0.6) is 0 Å². The van der Waals surface area contributed by atoms with Crippen molar-refractivity contribution in [2.75, 3.05) is 0 Å². The van der Waals surface area contributed by atoms with E-state index in [1.807, 2.05) is 13.8 Å². The van der Waals surface area contributed by atoms with Gasteiger partial charge in [-0.3, -0.25) is 0 Å². The van der Waals surface area contributed by atoms with Gasteiger partial charge in [-0.05, 0) is 12.0 Å². The number of rotatable bonds is 2. The van der Waals surface area contributed by atoms with Gasteiger partial charge in [0.15, 0.2) is 5.65 Å². The first-order valence-electron chi connectivity index (χ1n) is 5.38. The first-order chi connectivity index (χ1) is 8.29. The number of hydrogen-bond donors (Lipinski definition) is 0. The summed E-state index contributed by atoms with van der Waals surface area (Å²) in [5.74, 6) is 0.253. The molecule has 0 radical (unpaired) electrons. The van der Waals surface area contributed by atoms with Gasteiger partial charge in [-0.25, -0.2) is 9.67 Å². The van der Waals surface area contributed by atoms with Crippen molar-refractivity contribution in [3.05, 3.63) is 23.0 Å². The van der Waals surface area contributed by atoms with Crippen molar-refractivity contribution in [3.63, 3.8) is 0 Å². The second-order valence-electron chi connectivity index (χ2n) is 4.44. The zero-order chi connectivity index (χ0) is 13.5. The number of halogens is 4. The first-order valence-corrected chi connectivity index (χ1v) is 5.76. The molecule has 0 amide bonds. The minimum atomic E-state index is -4.51. The summed E-state index contributed by atoms with van der Waals surface area (Å²) in [6, 6.07) is 0.825. The third-order valence-corrected chi connectivity index (χ3v) is 2.70. The van der Waals surface area contributed by atoms with E-state index in [1.54, 1.807) is 0 Å². The molecule has 0 N–H and O–H groups in total. The Hall–Kier alpha value is -1.30. The topological polar surface area (TPSA) is 30.7 Å². The van der Waals surface area contributed by atoms with Gasteiger partial charge in [0.1, 0.15) is 5.69 Å². The van der Waals surface area contributed by atoms with Gasteiger partial charge in [0.05, 0.1) is 16.6 Å². The summed E-state index contributed by atoms with van der Waals surface area (Å²) < 4.78 is 39.4. The standard InChI is InChI=1S/C11H11ClF3N3/c1-6(2)5-18-10-7(4-16-18)8(12)3-9(17-10)11(13,14)15/h3-4,6H,5H2,1-2H3. The van der Waals surface area contributed by atoms with Crippen molar-refractivity contribution in [3.8, 4) is 0 Å². The van der Waals surface area contributed by atoms with Crippen LogP contribution < -0.4 is 0 Å². The molecule has 3 nitrogen and oxygen atoms in total. The number of aromatic nitrogens is 3. The summed E-state index contributed by atoms with van der Waals surface area (Å²) in [5, 5.41) is 4.47. The molecule has 0 aliphatic heterocycles. The molecule has 7 heteroatoms. The summed E-state index contributed by atoms with van der Waals surface area (Å²) in [6.45, 7) is 4.39. The smallest absolute Gasteiger partial charge is 0.247 e. The van der Waals surface area contributed by atoms with Crippen molar-refractivity contribution in [1.29, 1.82) is 0 Å². The van der Waals surface area contributed by atoms with Crippen molar-refractivity contribution in [1.82, 2.24) is 14.8 Å². The molecule has 0 bridgehead atoms. The highest BCUT2D eigenvalue weighted by molar-refractivity contribution is 6.35. The molecule has 2 aromatic rings. The lowest BCUT2D eigenvalue weighted by molar-refractivity contribution is -0.141. The zero-order valence-corrected chi connectivity index (χ0v) is 10.5. The van der Waals surface area contributed by atoms with Gasteiger partial charge < -0.3 is 0 Å². The summed E-state index contributed by atoms with van der Waals surface area (Å²) in [7, 11) is 0. The van der Waals surface area contributed by atoms with Crippen LogP contribution in [-0.4, -0.2) is 14.8 Å². The Kier molecular flexibility index (Phi) is 3.23. The van der Waals surface area contributed by atoms with E-state index in [0.29, 0.717) is 11.9 Å². The van der Waals surface area contributed by atoms with Crippen LogP contribution in [0.4, 0.5) is 13.2 Å². The van der Waals surface area contributed by atoms with Gasteiger partial charge in [-0.1, -0.05) is 25.4 Å².